The predicted molar refractivity (Wildman–Crippen MR) is 118 cm³/mol. The number of ether oxygens (including phenoxy) is 1. The van der Waals surface area contributed by atoms with Crippen molar-refractivity contribution in [3.8, 4) is 5.75 Å². The van der Waals surface area contributed by atoms with Gasteiger partial charge in [-0.2, -0.15) is 0 Å². The molecule has 1 aliphatic rings. The minimum atomic E-state index is -0.364. The Kier molecular flexibility index (Phi) is 7.41. The first-order valence-electron chi connectivity index (χ1n) is 9.84. The van der Waals surface area contributed by atoms with Gasteiger partial charge in [0.2, 0.25) is 11.8 Å². The standard InChI is InChI=1S/C22H22BrN3O5/c1-2-31-16-8-6-15(7-9-16)25-20(28)13-24-19(27)4-3-11-26-21(29)17-10-5-14(23)12-18(17)22(26)30/h5-10,12H,2-4,11,13H2,1H3,(H,24,27)(H,25,28). The van der Waals surface area contributed by atoms with E-state index in [4.69, 9.17) is 4.74 Å². The largest absolute Gasteiger partial charge is 0.494 e. The summed E-state index contributed by atoms with van der Waals surface area (Å²) < 4.78 is 6.06. The van der Waals surface area contributed by atoms with E-state index >= 15 is 0 Å². The van der Waals surface area contributed by atoms with Crippen molar-refractivity contribution in [1.29, 1.82) is 0 Å². The number of anilines is 1. The van der Waals surface area contributed by atoms with Crippen LogP contribution in [-0.4, -0.2) is 48.2 Å². The SMILES string of the molecule is CCOc1ccc(NC(=O)CNC(=O)CCCN2C(=O)c3ccc(Br)cc3C2=O)cc1. The molecule has 1 heterocycles. The quantitative estimate of drug-likeness (QED) is 0.529. The topological polar surface area (TPSA) is 105 Å². The molecule has 0 fully saturated rings. The fourth-order valence-electron chi connectivity index (χ4n) is 3.14. The lowest BCUT2D eigenvalue weighted by molar-refractivity contribution is -0.124. The van der Waals surface area contributed by atoms with E-state index in [0.717, 1.165) is 9.37 Å². The van der Waals surface area contributed by atoms with Crippen molar-refractivity contribution >= 4 is 45.2 Å². The number of benzene rings is 2. The van der Waals surface area contributed by atoms with Crippen LogP contribution in [0.15, 0.2) is 46.9 Å². The van der Waals surface area contributed by atoms with Crippen LogP contribution in [0.2, 0.25) is 0 Å². The lowest BCUT2D eigenvalue weighted by Crippen LogP contribution is -2.34. The molecule has 0 aromatic heterocycles. The third-order valence-corrected chi connectivity index (χ3v) is 5.11. The van der Waals surface area contributed by atoms with Gasteiger partial charge in [0, 0.05) is 23.1 Å². The highest BCUT2D eigenvalue weighted by Crippen LogP contribution is 2.26. The highest BCUT2D eigenvalue weighted by molar-refractivity contribution is 9.10. The highest BCUT2D eigenvalue weighted by atomic mass is 79.9. The summed E-state index contributed by atoms with van der Waals surface area (Å²) in [5.41, 5.74) is 1.32. The van der Waals surface area contributed by atoms with E-state index < -0.39 is 0 Å². The number of carbonyl (C=O) groups excluding carboxylic acids is 4. The summed E-state index contributed by atoms with van der Waals surface area (Å²) in [6, 6.07) is 11.8. The Morgan fingerprint density at radius 2 is 1.71 bits per heavy atom. The smallest absolute Gasteiger partial charge is 0.261 e. The van der Waals surface area contributed by atoms with Gasteiger partial charge in [-0.3, -0.25) is 24.1 Å². The number of hydrogen-bond donors (Lipinski definition) is 2. The van der Waals surface area contributed by atoms with E-state index in [1.54, 1.807) is 42.5 Å². The molecule has 31 heavy (non-hydrogen) atoms. The van der Waals surface area contributed by atoms with Gasteiger partial charge in [0.05, 0.1) is 24.3 Å². The molecule has 9 heteroatoms. The summed E-state index contributed by atoms with van der Waals surface area (Å²) in [7, 11) is 0. The number of imide groups is 1. The first kappa shape index (κ1) is 22.5. The molecule has 0 radical (unpaired) electrons. The monoisotopic (exact) mass is 487 g/mol. The third-order valence-electron chi connectivity index (χ3n) is 4.61. The molecule has 3 rings (SSSR count). The van der Waals surface area contributed by atoms with E-state index in [-0.39, 0.29) is 43.1 Å². The summed E-state index contributed by atoms with van der Waals surface area (Å²) in [5, 5.41) is 5.22. The molecule has 0 bridgehead atoms. The van der Waals surface area contributed by atoms with Crippen molar-refractivity contribution in [2.45, 2.75) is 19.8 Å². The first-order valence-corrected chi connectivity index (χ1v) is 10.6. The third kappa shape index (κ3) is 5.69. The summed E-state index contributed by atoms with van der Waals surface area (Å²) in [5.74, 6) is -0.705. The van der Waals surface area contributed by atoms with E-state index in [1.807, 2.05) is 6.92 Å². The van der Waals surface area contributed by atoms with E-state index in [9.17, 15) is 19.2 Å². The summed E-state index contributed by atoms with van der Waals surface area (Å²) in [6.07, 6.45) is 0.395. The van der Waals surface area contributed by atoms with Gasteiger partial charge in [-0.05, 0) is 55.8 Å². The second kappa shape index (κ2) is 10.2. The molecule has 0 saturated heterocycles. The molecule has 2 N–H and O–H groups in total. The van der Waals surface area contributed by atoms with Crippen molar-refractivity contribution < 1.29 is 23.9 Å². The van der Waals surface area contributed by atoms with Crippen LogP contribution in [0, 0.1) is 0 Å². The zero-order valence-corrected chi connectivity index (χ0v) is 18.5. The normalized spacial score (nSPS) is 12.5. The predicted octanol–water partition coefficient (Wildman–Crippen LogP) is 2.98. The van der Waals surface area contributed by atoms with Gasteiger partial charge < -0.3 is 15.4 Å². The molecule has 0 saturated carbocycles. The Morgan fingerprint density at radius 1 is 1.00 bits per heavy atom. The first-order chi connectivity index (χ1) is 14.9. The molecule has 2 aromatic rings. The fraction of sp³-hybridized carbons (Fsp3) is 0.273. The van der Waals surface area contributed by atoms with Gasteiger partial charge in [-0.15, -0.1) is 0 Å². The van der Waals surface area contributed by atoms with Crippen molar-refractivity contribution in [1.82, 2.24) is 10.2 Å². The van der Waals surface area contributed by atoms with Crippen LogP contribution in [0.25, 0.3) is 0 Å². The van der Waals surface area contributed by atoms with Gasteiger partial charge in [0.15, 0.2) is 0 Å². The van der Waals surface area contributed by atoms with Crippen LogP contribution in [0.4, 0.5) is 5.69 Å². The maximum absolute atomic E-state index is 12.4. The fourth-order valence-corrected chi connectivity index (χ4v) is 3.50. The van der Waals surface area contributed by atoms with Crippen LogP contribution < -0.4 is 15.4 Å². The van der Waals surface area contributed by atoms with Crippen LogP contribution in [0.3, 0.4) is 0 Å². The molecule has 4 amide bonds. The number of amides is 4. The number of halogens is 1. The molecule has 1 aliphatic heterocycles. The van der Waals surface area contributed by atoms with Gasteiger partial charge in [0.25, 0.3) is 11.8 Å². The van der Waals surface area contributed by atoms with Crippen LogP contribution in [0.5, 0.6) is 5.75 Å². The minimum Gasteiger partial charge on any atom is -0.494 e. The van der Waals surface area contributed by atoms with Crippen molar-refractivity contribution in [2.75, 3.05) is 25.0 Å². The van der Waals surface area contributed by atoms with E-state index in [2.05, 4.69) is 26.6 Å². The van der Waals surface area contributed by atoms with Crippen LogP contribution >= 0.6 is 15.9 Å². The maximum Gasteiger partial charge on any atom is 0.261 e. The lowest BCUT2D eigenvalue weighted by Gasteiger charge is -2.13. The second-order valence-corrected chi connectivity index (χ2v) is 7.75. The molecule has 0 spiro atoms. The number of hydrogen-bond acceptors (Lipinski definition) is 5. The molecule has 162 valence electrons. The number of fused-ring (bicyclic) bond motifs is 1. The van der Waals surface area contributed by atoms with E-state index in [0.29, 0.717) is 35.6 Å². The number of nitrogens with zero attached hydrogens (tertiary/aromatic N) is 1. The Labute approximate surface area is 188 Å². The second-order valence-electron chi connectivity index (χ2n) is 6.84. The Morgan fingerprint density at radius 3 is 2.42 bits per heavy atom. The van der Waals surface area contributed by atoms with Crippen molar-refractivity contribution in [3.63, 3.8) is 0 Å². The lowest BCUT2D eigenvalue weighted by atomic mass is 10.1. The van der Waals surface area contributed by atoms with Gasteiger partial charge >= 0.3 is 0 Å². The average Bonchev–Trinajstić information content (AvgIpc) is 2.98. The molecular formula is C22H22BrN3O5. The molecule has 0 atom stereocenters. The Bertz CT molecular complexity index is 1010. The molecule has 8 nitrogen and oxygen atoms in total. The van der Waals surface area contributed by atoms with Gasteiger partial charge in [-0.25, -0.2) is 0 Å². The minimum absolute atomic E-state index is 0.0907. The average molecular weight is 488 g/mol. The zero-order valence-electron chi connectivity index (χ0n) is 16.9. The highest BCUT2D eigenvalue weighted by Gasteiger charge is 2.35. The van der Waals surface area contributed by atoms with Crippen LogP contribution in [0.1, 0.15) is 40.5 Å². The number of nitrogens with one attached hydrogen (secondary N) is 2. The maximum atomic E-state index is 12.4. The van der Waals surface area contributed by atoms with Gasteiger partial charge in [-0.1, -0.05) is 15.9 Å². The Hall–Kier alpha value is -3.20. The summed E-state index contributed by atoms with van der Waals surface area (Å²) in [4.78, 5) is 49.9. The molecule has 0 aliphatic carbocycles. The summed E-state index contributed by atoms with van der Waals surface area (Å²) in [6.45, 7) is 2.41. The molecule has 2 aromatic carbocycles. The van der Waals surface area contributed by atoms with Crippen molar-refractivity contribution in [2.24, 2.45) is 0 Å². The number of rotatable bonds is 9. The summed E-state index contributed by atoms with van der Waals surface area (Å²) >= 11 is 3.29. The van der Waals surface area contributed by atoms with Gasteiger partial charge in [0.1, 0.15) is 5.75 Å². The molecular weight excluding hydrogens is 466 g/mol. The van der Waals surface area contributed by atoms with E-state index in [1.165, 1.54) is 0 Å². The Balaban J connectivity index is 1.39. The van der Waals surface area contributed by atoms with Crippen LogP contribution in [-0.2, 0) is 9.59 Å². The number of carbonyl (C=O) groups is 4. The molecule has 0 unspecified atom stereocenters. The van der Waals surface area contributed by atoms with Crippen molar-refractivity contribution in [3.05, 3.63) is 58.1 Å². The zero-order chi connectivity index (χ0) is 22.4.